The maximum Gasteiger partial charge on any atom is 0.343 e. The number of hydrogen-bond donors (Lipinski definition) is 2. The van der Waals surface area contributed by atoms with Crippen LogP contribution in [0.2, 0.25) is 0 Å². The Labute approximate surface area is 434 Å². The molecule has 2 N–H and O–H groups in total. The van der Waals surface area contributed by atoms with Gasteiger partial charge in [0.25, 0.3) is 0 Å². The van der Waals surface area contributed by atoms with Gasteiger partial charge in [-0.25, -0.2) is 14.0 Å². The summed E-state index contributed by atoms with van der Waals surface area (Å²) in [4.78, 5) is 34.4. The van der Waals surface area contributed by atoms with Gasteiger partial charge in [0, 0.05) is 35.7 Å². The number of hydrogen-bond acceptors (Lipinski definition) is 10. The van der Waals surface area contributed by atoms with Crippen molar-refractivity contribution in [2.24, 2.45) is 9.98 Å². The van der Waals surface area contributed by atoms with E-state index in [2.05, 4.69) is 23.8 Å². The number of esters is 2. The van der Waals surface area contributed by atoms with E-state index in [-0.39, 0.29) is 34.2 Å². The number of halogens is 1. The van der Waals surface area contributed by atoms with Gasteiger partial charge in [-0.2, -0.15) is 0 Å². The van der Waals surface area contributed by atoms with Crippen molar-refractivity contribution in [2.75, 3.05) is 13.2 Å². The monoisotopic (exact) mass is 999 g/mol. The van der Waals surface area contributed by atoms with Crippen LogP contribution in [0, 0.1) is 5.82 Å². The molecule has 392 valence electrons. The molecule has 5 aromatic carbocycles. The second kappa shape index (κ2) is 34.0. The van der Waals surface area contributed by atoms with Crippen molar-refractivity contribution in [1.82, 2.24) is 0 Å². The van der Waals surface area contributed by atoms with E-state index < -0.39 is 17.8 Å². The van der Waals surface area contributed by atoms with Crippen molar-refractivity contribution in [2.45, 2.75) is 168 Å². The highest BCUT2D eigenvalue weighted by molar-refractivity contribution is 5.93. The summed E-state index contributed by atoms with van der Waals surface area (Å²) in [6.07, 6.45) is 33.5. The fourth-order valence-corrected chi connectivity index (χ4v) is 8.33. The van der Waals surface area contributed by atoms with E-state index in [1.165, 1.54) is 189 Å². The summed E-state index contributed by atoms with van der Waals surface area (Å²) in [6.45, 7) is 5.76. The van der Waals surface area contributed by atoms with Crippen LogP contribution in [0.25, 0.3) is 0 Å². The third-order valence-corrected chi connectivity index (χ3v) is 12.8. The number of benzene rings is 5. The van der Waals surface area contributed by atoms with Gasteiger partial charge in [0.15, 0.2) is 0 Å². The van der Waals surface area contributed by atoms with Gasteiger partial charge >= 0.3 is 11.9 Å². The minimum absolute atomic E-state index is 0.0447. The lowest BCUT2D eigenvalue weighted by atomic mass is 10.1. The van der Waals surface area contributed by atoms with Crippen molar-refractivity contribution in [3.05, 3.63) is 131 Å². The van der Waals surface area contributed by atoms with E-state index in [0.29, 0.717) is 47.1 Å². The number of rotatable bonds is 36. The molecule has 0 amide bonds. The van der Waals surface area contributed by atoms with E-state index in [4.69, 9.17) is 18.9 Å². The number of unbranched alkanes of at least 4 members (excludes halogenated alkanes) is 22. The highest BCUT2D eigenvalue weighted by atomic mass is 19.1. The third kappa shape index (κ3) is 22.4. The minimum atomic E-state index is -0.619. The Kier molecular flexibility index (Phi) is 26.8. The molecule has 0 aromatic heterocycles. The molecule has 0 aliphatic rings. The zero-order chi connectivity index (χ0) is 51.7. The van der Waals surface area contributed by atoms with E-state index >= 15 is 0 Å². The zero-order valence-electron chi connectivity index (χ0n) is 43.5. The maximum absolute atomic E-state index is 14.8. The predicted molar refractivity (Wildman–Crippen MR) is 293 cm³/mol. The fraction of sp³-hybridized carbons (Fsp3) is 0.452. The number of carbonyl (C=O) groups excluding carboxylic acids is 2. The quantitative estimate of drug-likeness (QED) is 0.0175. The van der Waals surface area contributed by atoms with Gasteiger partial charge in [-0.3, -0.25) is 9.98 Å². The molecule has 0 spiro atoms. The molecule has 0 unspecified atom stereocenters. The van der Waals surface area contributed by atoms with Crippen molar-refractivity contribution in [1.29, 1.82) is 0 Å². The Morgan fingerprint density at radius 1 is 0.438 bits per heavy atom. The first kappa shape index (κ1) is 57.4. The molecular weight excluding hydrogens is 920 g/mol. The van der Waals surface area contributed by atoms with Crippen LogP contribution in [-0.4, -0.2) is 47.8 Å². The van der Waals surface area contributed by atoms with Crippen LogP contribution in [0.15, 0.2) is 113 Å². The lowest BCUT2D eigenvalue weighted by Crippen LogP contribution is -2.08. The minimum Gasteiger partial charge on any atom is -0.507 e. The summed E-state index contributed by atoms with van der Waals surface area (Å²) >= 11 is 0. The van der Waals surface area contributed by atoms with Crippen molar-refractivity contribution < 1.29 is 43.1 Å². The van der Waals surface area contributed by atoms with Crippen LogP contribution in [-0.2, 0) is 0 Å². The summed E-state index contributed by atoms with van der Waals surface area (Å²) in [5, 5.41) is 21.4. The molecule has 0 aliphatic heterocycles. The number of phenolic OH excluding ortho intramolecular Hbond substituents is 2. The number of phenols is 2. The summed E-state index contributed by atoms with van der Waals surface area (Å²) in [6, 6.07) is 26.3. The van der Waals surface area contributed by atoms with Gasteiger partial charge < -0.3 is 29.2 Å². The molecule has 0 saturated carbocycles. The molecule has 0 aliphatic carbocycles. The number of aromatic hydroxyl groups is 2. The molecule has 0 saturated heterocycles. The lowest BCUT2D eigenvalue weighted by Gasteiger charge is -2.09. The summed E-state index contributed by atoms with van der Waals surface area (Å²) in [5.74, 6) is -0.548. The molecule has 0 radical (unpaired) electrons. The van der Waals surface area contributed by atoms with E-state index in [1.807, 2.05) is 0 Å². The van der Waals surface area contributed by atoms with Crippen molar-refractivity contribution in [3.63, 3.8) is 0 Å². The van der Waals surface area contributed by atoms with Crippen LogP contribution >= 0.6 is 0 Å². The van der Waals surface area contributed by atoms with E-state index in [0.717, 1.165) is 25.7 Å². The second-order valence-electron chi connectivity index (χ2n) is 18.9. The Morgan fingerprint density at radius 2 is 0.795 bits per heavy atom. The molecular formula is C62H79FN2O8. The normalized spacial score (nSPS) is 11.4. The number of aliphatic imine (C=N–C) groups is 2. The van der Waals surface area contributed by atoms with Crippen molar-refractivity contribution in [3.8, 4) is 34.5 Å². The number of ether oxygens (including phenoxy) is 4. The first-order valence-corrected chi connectivity index (χ1v) is 27.2. The topological polar surface area (TPSA) is 136 Å². The van der Waals surface area contributed by atoms with Gasteiger partial charge in [-0.05, 0) is 104 Å². The van der Waals surface area contributed by atoms with Crippen molar-refractivity contribution >= 4 is 35.7 Å². The molecule has 11 heteroatoms. The van der Waals surface area contributed by atoms with Gasteiger partial charge in [0.05, 0.1) is 30.0 Å². The zero-order valence-corrected chi connectivity index (χ0v) is 43.5. The average Bonchev–Trinajstić information content (AvgIpc) is 3.39. The van der Waals surface area contributed by atoms with Gasteiger partial charge in [-0.15, -0.1) is 0 Å². The third-order valence-electron chi connectivity index (χ3n) is 12.8. The molecule has 0 heterocycles. The Morgan fingerprint density at radius 3 is 1.18 bits per heavy atom. The Hall–Kier alpha value is -6.49. The number of carbonyl (C=O) groups is 2. The molecule has 0 bridgehead atoms. The predicted octanol–water partition coefficient (Wildman–Crippen LogP) is 17.3. The molecule has 0 atom stereocenters. The first-order valence-electron chi connectivity index (χ1n) is 27.2. The Bertz CT molecular complexity index is 2440. The highest BCUT2D eigenvalue weighted by Crippen LogP contribution is 2.29. The number of nitrogens with zero attached hydrogens (tertiary/aromatic N) is 2. The second-order valence-corrected chi connectivity index (χ2v) is 18.9. The summed E-state index contributed by atoms with van der Waals surface area (Å²) < 4.78 is 37.6. The van der Waals surface area contributed by atoms with Crippen LogP contribution in [0.3, 0.4) is 0 Å². The Balaban J connectivity index is 0.998. The summed E-state index contributed by atoms with van der Waals surface area (Å²) in [5.41, 5.74) is 1.57. The smallest absolute Gasteiger partial charge is 0.343 e. The average molecular weight is 999 g/mol. The fourth-order valence-electron chi connectivity index (χ4n) is 8.33. The molecule has 10 nitrogen and oxygen atoms in total. The highest BCUT2D eigenvalue weighted by Gasteiger charge is 2.13. The molecule has 73 heavy (non-hydrogen) atoms. The van der Waals surface area contributed by atoms with Crippen LogP contribution in [0.4, 0.5) is 15.8 Å². The molecule has 0 fully saturated rings. The van der Waals surface area contributed by atoms with Crippen LogP contribution in [0.1, 0.15) is 200 Å². The van der Waals surface area contributed by atoms with E-state index in [9.17, 15) is 24.2 Å². The maximum atomic E-state index is 14.8. The first-order chi connectivity index (χ1) is 35.7. The van der Waals surface area contributed by atoms with Crippen LogP contribution < -0.4 is 18.9 Å². The van der Waals surface area contributed by atoms with Gasteiger partial charge in [0.1, 0.15) is 46.0 Å². The summed E-state index contributed by atoms with van der Waals surface area (Å²) in [7, 11) is 0. The van der Waals surface area contributed by atoms with Crippen LogP contribution in [0.5, 0.6) is 34.5 Å². The van der Waals surface area contributed by atoms with Gasteiger partial charge in [-0.1, -0.05) is 155 Å². The molecule has 5 aromatic rings. The SMILES string of the molecule is CCCCCCCCCCCCCCOc1ccc(C(=O)Oc2ccc(C=Nc3ccc(F)c(N=Cc4ccc(OC(=O)c5ccc(OCCCCCCCCCCCCCC)cc5)cc4O)c3)c(O)c2)cc1. The standard InChI is InChI=1S/C62H79FN2O8/c1-3-5-7-9-11-13-15-17-19-21-23-25-41-70-53-34-27-48(28-35-53)61(68)72-55-38-31-50(59(66)44-55)46-64-52-33-40-57(63)58(43-52)65-47-51-32-39-56(45-60(51)67)73-62(69)49-29-36-54(37-30-49)71-42-26-24-22-20-18-16-14-12-10-8-6-4-2/h27-40,43-47,66-67H,3-26,41-42H2,1-2H3. The molecule has 5 rings (SSSR count). The van der Waals surface area contributed by atoms with Gasteiger partial charge in [0.2, 0.25) is 0 Å². The van der Waals surface area contributed by atoms with E-state index in [1.54, 1.807) is 54.6 Å². The largest absolute Gasteiger partial charge is 0.507 e. The lowest BCUT2D eigenvalue weighted by molar-refractivity contribution is 0.0724.